The largest absolute Gasteiger partial charge is 0.393 e. The Balaban J connectivity index is 2.52. The van der Waals surface area contributed by atoms with Gasteiger partial charge in [0.15, 0.2) is 0 Å². The number of hydrogen-bond donors (Lipinski definition) is 4. The van der Waals surface area contributed by atoms with Gasteiger partial charge < -0.3 is 20.4 Å². The summed E-state index contributed by atoms with van der Waals surface area (Å²) in [5, 5.41) is 11.7. The van der Waals surface area contributed by atoms with Crippen molar-refractivity contribution in [3.05, 3.63) is 22.4 Å². The summed E-state index contributed by atoms with van der Waals surface area (Å²) in [5.41, 5.74) is -0.222. The fraction of sp³-hybridized carbons (Fsp3) is 0.556. The van der Waals surface area contributed by atoms with Gasteiger partial charge in [-0.2, -0.15) is 0 Å². The van der Waals surface area contributed by atoms with E-state index in [-0.39, 0.29) is 17.6 Å². The van der Waals surface area contributed by atoms with Gasteiger partial charge in [-0.05, 0) is 20.3 Å². The van der Waals surface area contributed by atoms with E-state index in [2.05, 4.69) is 15.3 Å². The molecule has 84 valence electrons. The number of carbonyl (C=O) groups is 1. The van der Waals surface area contributed by atoms with E-state index < -0.39 is 11.8 Å². The first-order valence-electron chi connectivity index (χ1n) is 4.75. The number of H-pyrrole nitrogens is 2. The SMILES string of the molecule is CC(O)CC(C)NC(=O)c1c[nH]c(=O)[nH]1. The minimum Gasteiger partial charge on any atom is -0.393 e. The zero-order chi connectivity index (χ0) is 11.4. The van der Waals surface area contributed by atoms with E-state index in [4.69, 9.17) is 5.11 Å². The molecule has 6 heteroatoms. The number of aliphatic hydroxyl groups is 1. The van der Waals surface area contributed by atoms with Crippen molar-refractivity contribution < 1.29 is 9.90 Å². The van der Waals surface area contributed by atoms with E-state index in [0.717, 1.165) is 0 Å². The van der Waals surface area contributed by atoms with Gasteiger partial charge in [-0.25, -0.2) is 4.79 Å². The summed E-state index contributed by atoms with van der Waals surface area (Å²) in [6, 6.07) is -0.143. The third-order valence-corrected chi connectivity index (χ3v) is 1.91. The molecule has 0 saturated carbocycles. The van der Waals surface area contributed by atoms with Crippen molar-refractivity contribution in [2.75, 3.05) is 0 Å². The molecule has 2 atom stereocenters. The first-order chi connectivity index (χ1) is 6.99. The maximum atomic E-state index is 11.5. The quantitative estimate of drug-likeness (QED) is 0.547. The zero-order valence-electron chi connectivity index (χ0n) is 8.70. The van der Waals surface area contributed by atoms with Crippen molar-refractivity contribution in [3.63, 3.8) is 0 Å². The van der Waals surface area contributed by atoms with Crippen LogP contribution in [0.2, 0.25) is 0 Å². The number of rotatable bonds is 4. The number of nitrogens with one attached hydrogen (secondary N) is 3. The molecule has 4 N–H and O–H groups in total. The van der Waals surface area contributed by atoms with Gasteiger partial charge in [0.2, 0.25) is 0 Å². The summed E-state index contributed by atoms with van der Waals surface area (Å²) in [5.74, 6) is -0.360. The normalized spacial score (nSPS) is 14.6. The molecule has 0 saturated heterocycles. The Labute approximate surface area is 86.7 Å². The van der Waals surface area contributed by atoms with Crippen LogP contribution in [0, 0.1) is 0 Å². The predicted molar refractivity (Wildman–Crippen MR) is 54.6 cm³/mol. The van der Waals surface area contributed by atoms with Crippen molar-refractivity contribution in [2.45, 2.75) is 32.4 Å². The van der Waals surface area contributed by atoms with Crippen LogP contribution >= 0.6 is 0 Å². The van der Waals surface area contributed by atoms with Crippen LogP contribution in [0.3, 0.4) is 0 Å². The summed E-state index contributed by atoms with van der Waals surface area (Å²) in [7, 11) is 0. The predicted octanol–water partition coefficient (Wildman–Crippen LogP) is -0.408. The van der Waals surface area contributed by atoms with Crippen LogP contribution in [0.5, 0.6) is 0 Å². The lowest BCUT2D eigenvalue weighted by Gasteiger charge is -2.14. The molecule has 1 aromatic rings. The van der Waals surface area contributed by atoms with E-state index in [1.54, 1.807) is 13.8 Å². The number of imidazole rings is 1. The van der Waals surface area contributed by atoms with Crippen LogP contribution < -0.4 is 11.0 Å². The van der Waals surface area contributed by atoms with Crippen LogP contribution in [-0.4, -0.2) is 33.1 Å². The average Bonchev–Trinajstić information content (AvgIpc) is 2.49. The second-order valence-corrected chi connectivity index (χ2v) is 3.62. The second-order valence-electron chi connectivity index (χ2n) is 3.62. The highest BCUT2D eigenvalue weighted by atomic mass is 16.3. The standard InChI is InChI=1S/C9H15N3O3/c1-5(3-6(2)13)11-8(14)7-4-10-9(15)12-7/h4-6,13H,3H2,1-2H3,(H,11,14)(H2,10,12,15). The van der Waals surface area contributed by atoms with E-state index in [1.165, 1.54) is 6.20 Å². The van der Waals surface area contributed by atoms with Gasteiger partial charge in [-0.1, -0.05) is 0 Å². The highest BCUT2D eigenvalue weighted by molar-refractivity contribution is 5.92. The lowest BCUT2D eigenvalue weighted by Crippen LogP contribution is -2.35. The van der Waals surface area contributed by atoms with Gasteiger partial charge in [0, 0.05) is 12.2 Å². The smallest absolute Gasteiger partial charge is 0.323 e. The average molecular weight is 213 g/mol. The van der Waals surface area contributed by atoms with Gasteiger partial charge >= 0.3 is 5.69 Å². The molecule has 0 radical (unpaired) electrons. The number of aromatic amines is 2. The Bertz CT molecular complexity index is 380. The van der Waals surface area contributed by atoms with Crippen molar-refractivity contribution in [3.8, 4) is 0 Å². The first-order valence-corrected chi connectivity index (χ1v) is 4.75. The Morgan fingerprint density at radius 3 is 2.73 bits per heavy atom. The Hall–Kier alpha value is -1.56. The molecule has 15 heavy (non-hydrogen) atoms. The molecule has 0 aliphatic rings. The fourth-order valence-corrected chi connectivity index (χ4v) is 1.33. The van der Waals surface area contributed by atoms with Crippen molar-refractivity contribution >= 4 is 5.91 Å². The van der Waals surface area contributed by atoms with Gasteiger partial charge in [0.05, 0.1) is 6.10 Å². The summed E-state index contributed by atoms with van der Waals surface area (Å²) in [6.07, 6.45) is 1.32. The molecule has 0 bridgehead atoms. The molecule has 0 aromatic carbocycles. The van der Waals surface area contributed by atoms with Crippen molar-refractivity contribution in [1.29, 1.82) is 0 Å². The molecule has 0 fully saturated rings. The molecule has 1 amide bonds. The first kappa shape index (κ1) is 11.5. The second kappa shape index (κ2) is 4.79. The summed E-state index contributed by atoms with van der Waals surface area (Å²) >= 11 is 0. The van der Waals surface area contributed by atoms with Crippen LogP contribution in [0.25, 0.3) is 0 Å². The summed E-state index contributed by atoms with van der Waals surface area (Å²) < 4.78 is 0. The minimum atomic E-state index is -0.467. The van der Waals surface area contributed by atoms with E-state index in [1.807, 2.05) is 0 Å². The molecular weight excluding hydrogens is 198 g/mol. The van der Waals surface area contributed by atoms with Gasteiger partial charge in [-0.3, -0.25) is 4.79 Å². The van der Waals surface area contributed by atoms with Gasteiger partial charge in [0.25, 0.3) is 5.91 Å². The molecule has 0 aliphatic heterocycles. The molecule has 6 nitrogen and oxygen atoms in total. The molecule has 0 aliphatic carbocycles. The lowest BCUT2D eigenvalue weighted by molar-refractivity contribution is 0.0918. The van der Waals surface area contributed by atoms with E-state index >= 15 is 0 Å². The lowest BCUT2D eigenvalue weighted by atomic mass is 10.1. The highest BCUT2D eigenvalue weighted by Gasteiger charge is 2.12. The number of aliphatic hydroxyl groups excluding tert-OH is 1. The van der Waals surface area contributed by atoms with Crippen LogP contribution in [0.1, 0.15) is 30.8 Å². The molecular formula is C9H15N3O3. The fourth-order valence-electron chi connectivity index (χ4n) is 1.33. The third kappa shape index (κ3) is 3.59. The number of hydrogen-bond acceptors (Lipinski definition) is 3. The van der Waals surface area contributed by atoms with E-state index in [0.29, 0.717) is 6.42 Å². The van der Waals surface area contributed by atoms with Gasteiger partial charge in [0.1, 0.15) is 5.69 Å². The van der Waals surface area contributed by atoms with E-state index in [9.17, 15) is 9.59 Å². The Morgan fingerprint density at radius 1 is 1.60 bits per heavy atom. The summed E-state index contributed by atoms with van der Waals surface area (Å²) in [6.45, 7) is 3.44. The molecule has 2 unspecified atom stereocenters. The molecule has 1 heterocycles. The van der Waals surface area contributed by atoms with Crippen molar-refractivity contribution in [1.82, 2.24) is 15.3 Å². The molecule has 1 rings (SSSR count). The number of aromatic nitrogens is 2. The Morgan fingerprint density at radius 2 is 2.27 bits per heavy atom. The monoisotopic (exact) mass is 213 g/mol. The zero-order valence-corrected chi connectivity index (χ0v) is 8.70. The Kier molecular flexibility index (Phi) is 3.68. The van der Waals surface area contributed by atoms with Crippen molar-refractivity contribution in [2.24, 2.45) is 0 Å². The summed E-state index contributed by atoms with van der Waals surface area (Å²) in [4.78, 5) is 26.9. The topological polar surface area (TPSA) is 98.0 Å². The molecule has 0 spiro atoms. The number of carbonyl (C=O) groups excluding carboxylic acids is 1. The van der Waals surface area contributed by atoms with Gasteiger partial charge in [-0.15, -0.1) is 0 Å². The maximum Gasteiger partial charge on any atom is 0.323 e. The highest BCUT2D eigenvalue weighted by Crippen LogP contribution is 1.98. The minimum absolute atomic E-state index is 0.143. The third-order valence-electron chi connectivity index (χ3n) is 1.91. The van der Waals surface area contributed by atoms with Crippen LogP contribution in [-0.2, 0) is 0 Å². The van der Waals surface area contributed by atoms with Crippen LogP contribution in [0.4, 0.5) is 0 Å². The maximum absolute atomic E-state index is 11.5. The molecule has 1 aromatic heterocycles. The van der Waals surface area contributed by atoms with Crippen LogP contribution in [0.15, 0.2) is 11.0 Å². The number of amides is 1.